The Morgan fingerprint density at radius 1 is 0.854 bits per heavy atom. The molecule has 0 aromatic heterocycles. The molecule has 0 aliphatic carbocycles. The summed E-state index contributed by atoms with van der Waals surface area (Å²) in [5.41, 5.74) is 7.27. The van der Waals surface area contributed by atoms with Gasteiger partial charge in [-0.3, -0.25) is 4.79 Å². The zero-order valence-electron chi connectivity index (χ0n) is 23.9. The van der Waals surface area contributed by atoms with Crippen molar-refractivity contribution in [2.45, 2.75) is 51.9 Å². The molecule has 2 aromatic carbocycles. The number of rotatable bonds is 9. The van der Waals surface area contributed by atoms with Crippen molar-refractivity contribution < 1.29 is 33.4 Å². The van der Waals surface area contributed by atoms with Gasteiger partial charge in [0.15, 0.2) is 0 Å². The van der Waals surface area contributed by atoms with E-state index in [4.69, 9.17) is 9.47 Å². The van der Waals surface area contributed by atoms with E-state index in [1.54, 1.807) is 71.3 Å². The number of hydrazine groups is 2. The van der Waals surface area contributed by atoms with Crippen LogP contribution in [-0.2, 0) is 32.1 Å². The molecule has 0 saturated heterocycles. The van der Waals surface area contributed by atoms with Crippen LogP contribution in [0.15, 0.2) is 60.7 Å². The molecule has 0 unspecified atom stereocenters. The van der Waals surface area contributed by atoms with Gasteiger partial charge in [-0.15, -0.1) is 0 Å². The lowest BCUT2D eigenvalue weighted by Gasteiger charge is -2.26. The molecule has 0 aliphatic heterocycles. The molecule has 2 rings (SSSR count). The normalized spacial score (nSPS) is 11.3. The molecule has 0 radical (unpaired) electrons. The zero-order chi connectivity index (χ0) is 30.4. The van der Waals surface area contributed by atoms with E-state index < -0.39 is 35.8 Å². The Hall–Kier alpha value is -4.81. The molecular weight excluding hydrogens is 532 g/mol. The average Bonchev–Trinajstić information content (AvgIpc) is 2.92. The lowest BCUT2D eigenvalue weighted by atomic mass is 10.1. The quantitative estimate of drug-likeness (QED) is 0.266. The smallest absolute Gasteiger partial charge is 0.426 e. The molecule has 13 heteroatoms. The molecule has 0 fully saturated rings. The summed E-state index contributed by atoms with van der Waals surface area (Å²) in [5.74, 6) is -0.966. The zero-order valence-corrected chi connectivity index (χ0v) is 23.9. The van der Waals surface area contributed by atoms with Gasteiger partial charge < -0.3 is 19.7 Å². The third-order valence-electron chi connectivity index (χ3n) is 5.30. The van der Waals surface area contributed by atoms with Crippen LogP contribution in [0.4, 0.5) is 14.4 Å². The summed E-state index contributed by atoms with van der Waals surface area (Å²) in [6.45, 7) is 4.75. The number of carbonyl (C=O) groups excluding carboxylic acids is 5. The first-order valence-corrected chi connectivity index (χ1v) is 12.9. The van der Waals surface area contributed by atoms with Crippen LogP contribution in [-0.4, -0.2) is 72.2 Å². The molecule has 2 aromatic rings. The first-order valence-electron chi connectivity index (χ1n) is 12.9. The second-order valence-electron chi connectivity index (χ2n) is 10.2. The number of carbonyl (C=O) groups is 5. The molecule has 41 heavy (non-hydrogen) atoms. The van der Waals surface area contributed by atoms with E-state index in [-0.39, 0.29) is 31.9 Å². The maximum Gasteiger partial charge on any atom is 0.426 e. The Bertz CT molecular complexity index is 1170. The van der Waals surface area contributed by atoms with Crippen molar-refractivity contribution in [3.8, 4) is 0 Å². The van der Waals surface area contributed by atoms with Gasteiger partial charge in [0, 0.05) is 26.9 Å². The molecular formula is C28H38N6O7. The standard InChI is InChI=1S/C28H38N6O7/c1-28(2,3)41-27(39)32-34(17-16-23(35)33(4)5)26(38)31-30-25(37)29-22(18-20-12-8-6-9-13-20)24(36)40-19-21-14-10-7-11-15-21/h6-15,22H,16-19H2,1-5H3,(H,31,38)(H,32,39)(H2,29,30,37)/t22-/m0/s1. The monoisotopic (exact) mass is 570 g/mol. The van der Waals surface area contributed by atoms with Crippen molar-refractivity contribution in [2.24, 2.45) is 0 Å². The van der Waals surface area contributed by atoms with Crippen molar-refractivity contribution in [3.05, 3.63) is 71.8 Å². The Balaban J connectivity index is 2.03. The van der Waals surface area contributed by atoms with Gasteiger partial charge in [-0.25, -0.2) is 40.5 Å². The van der Waals surface area contributed by atoms with E-state index in [9.17, 15) is 24.0 Å². The van der Waals surface area contributed by atoms with Gasteiger partial charge in [0.05, 0.1) is 6.54 Å². The SMILES string of the molecule is CN(C)C(=O)CCN(NC(=O)OC(C)(C)C)C(=O)NNC(=O)N[C@@H](Cc1ccccc1)C(=O)OCc1ccccc1. The molecule has 0 saturated carbocycles. The summed E-state index contributed by atoms with van der Waals surface area (Å²) in [6.07, 6.45) is -0.914. The molecule has 13 nitrogen and oxygen atoms in total. The van der Waals surface area contributed by atoms with Crippen LogP contribution in [0, 0.1) is 0 Å². The van der Waals surface area contributed by atoms with E-state index in [1.165, 1.54) is 4.90 Å². The Morgan fingerprint density at radius 2 is 1.44 bits per heavy atom. The molecule has 0 heterocycles. The van der Waals surface area contributed by atoms with Gasteiger partial charge in [-0.2, -0.15) is 0 Å². The van der Waals surface area contributed by atoms with Crippen LogP contribution in [0.1, 0.15) is 38.3 Å². The minimum atomic E-state index is -1.08. The number of hydrogen-bond donors (Lipinski definition) is 4. The second kappa shape index (κ2) is 15.7. The van der Waals surface area contributed by atoms with Gasteiger partial charge >= 0.3 is 24.1 Å². The summed E-state index contributed by atoms with van der Waals surface area (Å²) < 4.78 is 10.6. The van der Waals surface area contributed by atoms with Gasteiger partial charge in [-0.1, -0.05) is 60.7 Å². The fraction of sp³-hybridized carbons (Fsp3) is 0.393. The number of nitrogens with one attached hydrogen (secondary N) is 4. The summed E-state index contributed by atoms with van der Waals surface area (Å²) in [5, 5.41) is 3.30. The third kappa shape index (κ3) is 12.7. The summed E-state index contributed by atoms with van der Waals surface area (Å²) >= 11 is 0. The van der Waals surface area contributed by atoms with Gasteiger partial charge in [0.1, 0.15) is 18.2 Å². The number of nitrogens with zero attached hydrogens (tertiary/aromatic N) is 2. The van der Waals surface area contributed by atoms with Crippen LogP contribution in [0.2, 0.25) is 0 Å². The summed E-state index contributed by atoms with van der Waals surface area (Å²) in [6, 6.07) is 15.2. The van der Waals surface area contributed by atoms with Crippen LogP contribution in [0.25, 0.3) is 0 Å². The van der Waals surface area contributed by atoms with Crippen molar-refractivity contribution >= 4 is 30.0 Å². The van der Waals surface area contributed by atoms with Gasteiger partial charge in [0.2, 0.25) is 5.91 Å². The van der Waals surface area contributed by atoms with Crippen LogP contribution >= 0.6 is 0 Å². The van der Waals surface area contributed by atoms with Crippen LogP contribution in [0.3, 0.4) is 0 Å². The van der Waals surface area contributed by atoms with Crippen LogP contribution < -0.4 is 21.6 Å². The number of benzene rings is 2. The number of amides is 6. The lowest BCUT2D eigenvalue weighted by Crippen LogP contribution is -2.58. The number of esters is 1. The topological polar surface area (TPSA) is 158 Å². The highest BCUT2D eigenvalue weighted by Gasteiger charge is 2.25. The first kappa shape index (κ1) is 32.4. The molecule has 4 N–H and O–H groups in total. The van der Waals surface area contributed by atoms with E-state index in [0.29, 0.717) is 0 Å². The summed E-state index contributed by atoms with van der Waals surface area (Å²) in [7, 11) is 3.10. The van der Waals surface area contributed by atoms with Crippen molar-refractivity contribution in [3.63, 3.8) is 0 Å². The molecule has 0 bridgehead atoms. The van der Waals surface area contributed by atoms with E-state index in [2.05, 4.69) is 21.6 Å². The third-order valence-corrected chi connectivity index (χ3v) is 5.30. The second-order valence-corrected chi connectivity index (χ2v) is 10.2. The van der Waals surface area contributed by atoms with Gasteiger partial charge in [-0.05, 0) is 31.9 Å². The lowest BCUT2D eigenvalue weighted by molar-refractivity contribution is -0.147. The Morgan fingerprint density at radius 3 is 2.00 bits per heavy atom. The van der Waals surface area contributed by atoms with E-state index in [1.807, 2.05) is 24.3 Å². The van der Waals surface area contributed by atoms with E-state index >= 15 is 0 Å². The number of urea groups is 2. The Kier molecular flexibility index (Phi) is 12.4. The highest BCUT2D eigenvalue weighted by atomic mass is 16.6. The first-order chi connectivity index (χ1) is 19.3. The molecule has 0 spiro atoms. The number of hydrogen-bond acceptors (Lipinski definition) is 7. The highest BCUT2D eigenvalue weighted by Crippen LogP contribution is 2.08. The largest absolute Gasteiger partial charge is 0.459 e. The molecule has 6 amide bonds. The number of ether oxygens (including phenoxy) is 2. The van der Waals surface area contributed by atoms with Crippen LogP contribution in [0.5, 0.6) is 0 Å². The molecule has 0 aliphatic rings. The Labute approximate surface area is 239 Å². The molecule has 222 valence electrons. The fourth-order valence-corrected chi connectivity index (χ4v) is 3.29. The maximum absolute atomic E-state index is 12.9. The average molecular weight is 571 g/mol. The van der Waals surface area contributed by atoms with E-state index in [0.717, 1.165) is 16.1 Å². The molecule has 1 atom stereocenters. The minimum absolute atomic E-state index is 0.0158. The minimum Gasteiger partial charge on any atom is -0.459 e. The van der Waals surface area contributed by atoms with Gasteiger partial charge in [0.25, 0.3) is 0 Å². The highest BCUT2D eigenvalue weighted by molar-refractivity contribution is 5.86. The van der Waals surface area contributed by atoms with Crippen molar-refractivity contribution in [1.29, 1.82) is 0 Å². The fourth-order valence-electron chi connectivity index (χ4n) is 3.29. The van der Waals surface area contributed by atoms with Crippen molar-refractivity contribution in [2.75, 3.05) is 20.6 Å². The van der Waals surface area contributed by atoms with Crippen molar-refractivity contribution in [1.82, 2.24) is 31.5 Å². The summed E-state index contributed by atoms with van der Waals surface area (Å²) in [4.78, 5) is 64.0. The predicted octanol–water partition coefficient (Wildman–Crippen LogP) is 2.48. The predicted molar refractivity (Wildman–Crippen MR) is 150 cm³/mol. The maximum atomic E-state index is 12.9.